The zero-order chi connectivity index (χ0) is 26.4. The first-order valence-corrected chi connectivity index (χ1v) is 10.8. The van der Waals surface area contributed by atoms with Crippen molar-refractivity contribution in [3.05, 3.63) is 95.9 Å². The molecule has 0 aliphatic carbocycles. The van der Waals surface area contributed by atoms with Gasteiger partial charge in [-0.25, -0.2) is 0 Å². The summed E-state index contributed by atoms with van der Waals surface area (Å²) in [5, 5.41) is 19.6. The minimum atomic E-state index is -4.70. The van der Waals surface area contributed by atoms with E-state index in [1.807, 2.05) is 6.07 Å². The van der Waals surface area contributed by atoms with Crippen LogP contribution in [0.25, 0.3) is 17.5 Å². The molecule has 2 N–H and O–H groups in total. The molecule has 0 saturated carbocycles. The molecule has 0 saturated heterocycles. The van der Waals surface area contributed by atoms with Crippen LogP contribution in [0.3, 0.4) is 0 Å². The summed E-state index contributed by atoms with van der Waals surface area (Å²) in [6, 6.07) is 12.2. The summed E-state index contributed by atoms with van der Waals surface area (Å²) in [7, 11) is 0. The fraction of sp³-hybridized carbons (Fsp3) is 0.125. The number of halogens is 6. The molecule has 0 fully saturated rings. The molecule has 3 aromatic rings. The van der Waals surface area contributed by atoms with Gasteiger partial charge in [0.05, 0.1) is 44.9 Å². The summed E-state index contributed by atoms with van der Waals surface area (Å²) in [5.41, 5.74) is 2.26. The van der Waals surface area contributed by atoms with E-state index in [9.17, 15) is 41.7 Å². The molecule has 2 aromatic carbocycles. The smallest absolute Gasteiger partial charge is 0.384 e. The van der Waals surface area contributed by atoms with Crippen LogP contribution < -0.4 is 20.5 Å². The van der Waals surface area contributed by atoms with E-state index in [1.54, 1.807) is 6.07 Å². The predicted octanol–water partition coefficient (Wildman–Crippen LogP) is 3.90. The number of fused-ring (bicyclic) bond motifs is 1. The van der Waals surface area contributed by atoms with E-state index in [2.05, 4.69) is 0 Å². The monoisotopic (exact) mass is 518 g/mol. The number of thiazole rings is 1. The lowest BCUT2D eigenvalue weighted by molar-refractivity contribution is -0.138. The van der Waals surface area contributed by atoms with Crippen molar-refractivity contribution in [2.75, 3.05) is 0 Å². The molecule has 182 valence electrons. The van der Waals surface area contributed by atoms with E-state index >= 15 is 0 Å². The number of aromatic nitrogens is 1. The van der Waals surface area contributed by atoms with Gasteiger partial charge in [-0.3, -0.25) is 9.36 Å². The Kier molecular flexibility index (Phi) is 6.02. The van der Waals surface area contributed by atoms with Crippen molar-refractivity contribution in [3.8, 4) is 12.1 Å². The molecular weight excluding hydrogens is 506 g/mol. The van der Waals surface area contributed by atoms with Gasteiger partial charge in [-0.1, -0.05) is 36.4 Å². The van der Waals surface area contributed by atoms with Crippen molar-refractivity contribution >= 4 is 28.8 Å². The summed E-state index contributed by atoms with van der Waals surface area (Å²) in [4.78, 5) is 13.1. The van der Waals surface area contributed by atoms with Crippen molar-refractivity contribution in [3.63, 3.8) is 0 Å². The minimum absolute atomic E-state index is 0.0547. The van der Waals surface area contributed by atoms with E-state index in [1.165, 1.54) is 18.2 Å². The number of hydrogen-bond donors (Lipinski definition) is 1. The van der Waals surface area contributed by atoms with Gasteiger partial charge < -0.3 is 5.73 Å². The molecule has 1 atom stereocenters. The van der Waals surface area contributed by atoms with E-state index in [0.29, 0.717) is 11.3 Å². The molecule has 12 heteroatoms. The van der Waals surface area contributed by atoms with Gasteiger partial charge in [-0.2, -0.15) is 36.9 Å². The maximum absolute atomic E-state index is 13.4. The van der Waals surface area contributed by atoms with Crippen LogP contribution in [-0.4, -0.2) is 4.57 Å². The van der Waals surface area contributed by atoms with Gasteiger partial charge in [-0.05, 0) is 29.3 Å². The second-order valence-electron chi connectivity index (χ2n) is 7.63. The van der Waals surface area contributed by atoms with Crippen LogP contribution in [0, 0.1) is 22.7 Å². The van der Waals surface area contributed by atoms with Gasteiger partial charge in [0.15, 0.2) is 0 Å². The Balaban J connectivity index is 2.04. The largest absolute Gasteiger partial charge is 0.416 e. The van der Waals surface area contributed by atoms with Crippen LogP contribution in [0.1, 0.15) is 28.2 Å². The first kappa shape index (κ1) is 24.8. The van der Waals surface area contributed by atoms with Crippen LogP contribution in [0.15, 0.2) is 58.9 Å². The van der Waals surface area contributed by atoms with Crippen molar-refractivity contribution in [2.45, 2.75) is 18.3 Å². The van der Waals surface area contributed by atoms with Gasteiger partial charge in [-0.15, -0.1) is 11.3 Å². The molecule has 1 aliphatic rings. The van der Waals surface area contributed by atoms with Crippen LogP contribution >= 0.6 is 11.3 Å². The summed E-state index contributed by atoms with van der Waals surface area (Å²) in [5.74, 6) is -1.73. The highest BCUT2D eigenvalue weighted by molar-refractivity contribution is 7.07. The number of benzene rings is 2. The first-order valence-electron chi connectivity index (χ1n) is 10.00. The highest BCUT2D eigenvalue weighted by Crippen LogP contribution is 2.38. The highest BCUT2D eigenvalue weighted by atomic mass is 32.1. The number of nitrogens with zero attached hydrogens (tertiary/aromatic N) is 3. The summed E-state index contributed by atoms with van der Waals surface area (Å²) >= 11 is 0.655. The van der Waals surface area contributed by atoms with Gasteiger partial charge in [0.1, 0.15) is 10.5 Å². The average Bonchev–Trinajstić information content (AvgIpc) is 3.14. The van der Waals surface area contributed by atoms with Gasteiger partial charge in [0.25, 0.3) is 5.56 Å². The standard InChI is InChI=1S/C24H12F6N4OS/c25-23(26,27)14-6-3-5-13(8-14)19-15(10-31)20(33)34-21(35)18(36-22(34)16(19)11-32)9-12-4-1-2-7-17(12)24(28,29)30/h1-9,19H,33H2/b18-9-/t19-/m1/s1. The van der Waals surface area contributed by atoms with E-state index in [0.717, 1.165) is 41.0 Å². The van der Waals surface area contributed by atoms with Crippen molar-refractivity contribution < 1.29 is 26.3 Å². The molecule has 5 nitrogen and oxygen atoms in total. The quantitative estimate of drug-likeness (QED) is 0.521. The summed E-state index contributed by atoms with van der Waals surface area (Å²) in [6.07, 6.45) is -8.40. The van der Waals surface area contributed by atoms with Crippen LogP contribution in [0.2, 0.25) is 0 Å². The summed E-state index contributed by atoms with van der Waals surface area (Å²) < 4.78 is 80.7. The average molecular weight is 518 g/mol. The third kappa shape index (κ3) is 4.16. The molecule has 2 heterocycles. The predicted molar refractivity (Wildman–Crippen MR) is 119 cm³/mol. The lowest BCUT2D eigenvalue weighted by Crippen LogP contribution is -2.38. The second kappa shape index (κ2) is 8.73. The fourth-order valence-corrected chi connectivity index (χ4v) is 5.02. The number of rotatable bonds is 2. The van der Waals surface area contributed by atoms with Crippen molar-refractivity contribution in [1.29, 1.82) is 10.5 Å². The number of allylic oxidation sites excluding steroid dienone is 1. The number of nitrogens with two attached hydrogens (primary N) is 1. The number of alkyl halides is 6. The Morgan fingerprint density at radius 1 is 0.944 bits per heavy atom. The molecule has 0 radical (unpaired) electrons. The Morgan fingerprint density at radius 2 is 1.61 bits per heavy atom. The minimum Gasteiger partial charge on any atom is -0.384 e. The molecule has 0 unspecified atom stereocenters. The van der Waals surface area contributed by atoms with Gasteiger partial charge in [0, 0.05) is 0 Å². The number of nitriles is 2. The second-order valence-corrected chi connectivity index (χ2v) is 8.66. The Morgan fingerprint density at radius 3 is 2.22 bits per heavy atom. The van der Waals surface area contributed by atoms with E-state index < -0.39 is 40.8 Å². The molecule has 0 amide bonds. The maximum atomic E-state index is 13.4. The molecule has 36 heavy (non-hydrogen) atoms. The third-order valence-electron chi connectivity index (χ3n) is 5.49. The molecule has 0 spiro atoms. The highest BCUT2D eigenvalue weighted by Gasteiger charge is 2.36. The Bertz CT molecular complexity index is 1680. The lowest BCUT2D eigenvalue weighted by atomic mass is 9.84. The van der Waals surface area contributed by atoms with E-state index in [4.69, 9.17) is 5.73 Å². The molecular formula is C24H12F6N4OS. The first-order chi connectivity index (χ1) is 16.9. The lowest BCUT2D eigenvalue weighted by Gasteiger charge is -2.23. The normalized spacial score (nSPS) is 16.5. The van der Waals surface area contributed by atoms with Crippen LogP contribution in [0.5, 0.6) is 0 Å². The van der Waals surface area contributed by atoms with Crippen LogP contribution in [0.4, 0.5) is 26.3 Å². The third-order valence-corrected chi connectivity index (χ3v) is 6.60. The zero-order valence-corrected chi connectivity index (χ0v) is 18.6. The Labute approximate surface area is 202 Å². The van der Waals surface area contributed by atoms with E-state index in [-0.39, 0.29) is 31.5 Å². The maximum Gasteiger partial charge on any atom is 0.416 e. The fourth-order valence-electron chi connectivity index (χ4n) is 3.90. The molecule has 1 aliphatic heterocycles. The zero-order valence-electron chi connectivity index (χ0n) is 17.8. The van der Waals surface area contributed by atoms with Gasteiger partial charge in [0.2, 0.25) is 0 Å². The van der Waals surface area contributed by atoms with Crippen LogP contribution in [-0.2, 0) is 12.4 Å². The van der Waals surface area contributed by atoms with Crippen molar-refractivity contribution in [2.24, 2.45) is 5.73 Å². The topological polar surface area (TPSA) is 95.6 Å². The molecule has 1 aromatic heterocycles. The summed E-state index contributed by atoms with van der Waals surface area (Å²) in [6.45, 7) is 0. The van der Waals surface area contributed by atoms with Crippen molar-refractivity contribution in [1.82, 2.24) is 4.57 Å². The number of hydrogen-bond acceptors (Lipinski definition) is 5. The molecule has 4 rings (SSSR count). The molecule has 0 bridgehead atoms. The Hall–Kier alpha value is -4.29. The van der Waals surface area contributed by atoms with Gasteiger partial charge >= 0.3 is 12.4 Å². The SMILES string of the molecule is N#CC1=C(N)n2c(s/c(=C\c3ccccc3C(F)(F)F)c2=O)=C(C#N)[C@@H]1c1cccc(C(F)(F)F)c1.